The van der Waals surface area contributed by atoms with E-state index in [2.05, 4.69) is 41.2 Å². The molecule has 1 aromatic carbocycles. The maximum Gasteiger partial charge on any atom is 0.0960 e. The Morgan fingerprint density at radius 3 is 2.57 bits per heavy atom. The molecule has 4 heteroatoms. The van der Waals surface area contributed by atoms with Crippen LogP contribution in [0.2, 0.25) is 0 Å². The molecule has 21 heavy (non-hydrogen) atoms. The van der Waals surface area contributed by atoms with Crippen LogP contribution in [0.1, 0.15) is 31.7 Å². The van der Waals surface area contributed by atoms with Gasteiger partial charge in [-0.1, -0.05) is 25.1 Å². The van der Waals surface area contributed by atoms with Gasteiger partial charge in [-0.15, -0.1) is 0 Å². The van der Waals surface area contributed by atoms with Gasteiger partial charge in [0.1, 0.15) is 0 Å². The van der Waals surface area contributed by atoms with Crippen molar-refractivity contribution in [3.8, 4) is 0 Å². The van der Waals surface area contributed by atoms with Crippen molar-refractivity contribution in [1.29, 1.82) is 0 Å². The van der Waals surface area contributed by atoms with Crippen molar-refractivity contribution in [2.24, 2.45) is 0 Å². The van der Waals surface area contributed by atoms with Crippen LogP contribution in [-0.2, 0) is 12.1 Å². The van der Waals surface area contributed by atoms with Crippen molar-refractivity contribution in [2.45, 2.75) is 38.3 Å². The zero-order valence-corrected chi connectivity index (χ0v) is 12.6. The molecule has 3 rings (SSSR count). The molecular formula is C17H23N3O. The Bertz CT molecular complexity index is 571. The molecule has 0 atom stereocenters. The average Bonchev–Trinajstić information content (AvgIpc) is 2.99. The van der Waals surface area contributed by atoms with Gasteiger partial charge in [0.25, 0.3) is 0 Å². The quantitative estimate of drug-likeness (QED) is 0.939. The van der Waals surface area contributed by atoms with Gasteiger partial charge in [0.15, 0.2) is 0 Å². The molecule has 0 saturated carbocycles. The molecule has 2 aromatic rings. The zero-order chi connectivity index (χ0) is 14.7. The predicted octanol–water partition coefficient (Wildman–Crippen LogP) is 2.78. The number of hydrogen-bond donors (Lipinski definition) is 1. The Morgan fingerprint density at radius 2 is 1.90 bits per heavy atom. The minimum absolute atomic E-state index is 0.725. The lowest BCUT2D eigenvalue weighted by Gasteiger charge is -2.38. The normalized spacial score (nSPS) is 17.9. The van der Waals surface area contributed by atoms with Gasteiger partial charge in [-0.05, 0) is 31.4 Å². The smallest absolute Gasteiger partial charge is 0.0960 e. The van der Waals surface area contributed by atoms with Gasteiger partial charge in [0.2, 0.25) is 0 Å². The summed E-state index contributed by atoms with van der Waals surface area (Å²) < 4.78 is 1.93. The Morgan fingerprint density at radius 1 is 1.19 bits per heavy atom. The molecule has 1 aromatic heterocycles. The number of anilines is 1. The van der Waals surface area contributed by atoms with Crippen LogP contribution in [0.25, 0.3) is 0 Å². The summed E-state index contributed by atoms with van der Waals surface area (Å²) in [6.45, 7) is 4.79. The number of para-hydroxylation sites is 1. The van der Waals surface area contributed by atoms with Gasteiger partial charge < -0.3 is 10.0 Å². The second kappa shape index (κ2) is 5.90. The lowest BCUT2D eigenvalue weighted by Crippen LogP contribution is -2.42. The van der Waals surface area contributed by atoms with E-state index in [9.17, 15) is 5.11 Å². The summed E-state index contributed by atoms with van der Waals surface area (Å²) in [5.41, 5.74) is 1.47. The Hall–Kier alpha value is -1.81. The molecule has 1 N–H and O–H groups in total. The van der Waals surface area contributed by atoms with E-state index in [-0.39, 0.29) is 0 Å². The molecule has 1 aliphatic heterocycles. The first-order chi connectivity index (χ1) is 10.2. The van der Waals surface area contributed by atoms with Crippen molar-refractivity contribution in [3.63, 3.8) is 0 Å². The van der Waals surface area contributed by atoms with E-state index in [1.165, 1.54) is 5.69 Å². The van der Waals surface area contributed by atoms with Crippen molar-refractivity contribution in [2.75, 3.05) is 18.0 Å². The van der Waals surface area contributed by atoms with Crippen LogP contribution < -0.4 is 4.90 Å². The molecule has 0 unspecified atom stereocenters. The zero-order valence-electron chi connectivity index (χ0n) is 12.6. The molecule has 0 bridgehead atoms. The summed E-state index contributed by atoms with van der Waals surface area (Å²) in [6, 6.07) is 10.4. The first-order valence-electron chi connectivity index (χ1n) is 7.76. The van der Waals surface area contributed by atoms with E-state index in [0.717, 1.165) is 44.5 Å². The topological polar surface area (TPSA) is 41.3 Å². The van der Waals surface area contributed by atoms with Crippen LogP contribution in [0, 0.1) is 0 Å². The van der Waals surface area contributed by atoms with Gasteiger partial charge in [-0.25, -0.2) is 0 Å². The summed E-state index contributed by atoms with van der Waals surface area (Å²) in [5, 5.41) is 15.3. The SMILES string of the molecule is CCCn1cc(C2(O)CCN(c3ccccc3)CC2)cn1. The summed E-state index contributed by atoms with van der Waals surface area (Å²) in [6.07, 6.45) is 6.39. The maximum atomic E-state index is 10.9. The summed E-state index contributed by atoms with van der Waals surface area (Å²) in [5.74, 6) is 0. The molecule has 1 fully saturated rings. The molecule has 4 nitrogen and oxygen atoms in total. The third-order valence-electron chi connectivity index (χ3n) is 4.34. The molecule has 0 radical (unpaired) electrons. The lowest BCUT2D eigenvalue weighted by atomic mass is 9.86. The monoisotopic (exact) mass is 285 g/mol. The summed E-state index contributed by atoms with van der Waals surface area (Å²) in [7, 11) is 0. The molecule has 0 amide bonds. The summed E-state index contributed by atoms with van der Waals surface area (Å²) in [4.78, 5) is 2.34. The van der Waals surface area contributed by atoms with E-state index in [4.69, 9.17) is 0 Å². The third-order valence-corrected chi connectivity index (χ3v) is 4.34. The molecule has 1 aliphatic rings. The van der Waals surface area contributed by atoms with Crippen LogP contribution in [0.4, 0.5) is 5.69 Å². The fourth-order valence-electron chi connectivity index (χ4n) is 3.02. The second-order valence-corrected chi connectivity index (χ2v) is 5.85. The largest absolute Gasteiger partial charge is 0.385 e. The molecule has 0 aliphatic carbocycles. The standard InChI is InChI=1S/C17H23N3O/c1-2-10-20-14-15(13-18-20)17(21)8-11-19(12-9-17)16-6-4-3-5-7-16/h3-7,13-14,21H,2,8-12H2,1H3. The van der Waals surface area contributed by atoms with E-state index >= 15 is 0 Å². The van der Waals surface area contributed by atoms with Crippen LogP contribution in [0.3, 0.4) is 0 Å². The fourth-order valence-corrected chi connectivity index (χ4v) is 3.02. The van der Waals surface area contributed by atoms with Crippen molar-refractivity contribution >= 4 is 5.69 Å². The van der Waals surface area contributed by atoms with Crippen LogP contribution in [-0.4, -0.2) is 28.0 Å². The van der Waals surface area contributed by atoms with Gasteiger partial charge >= 0.3 is 0 Å². The van der Waals surface area contributed by atoms with E-state index < -0.39 is 5.60 Å². The van der Waals surface area contributed by atoms with Crippen LogP contribution in [0.15, 0.2) is 42.7 Å². The fraction of sp³-hybridized carbons (Fsp3) is 0.471. The predicted molar refractivity (Wildman–Crippen MR) is 84.3 cm³/mol. The number of rotatable bonds is 4. The highest BCUT2D eigenvalue weighted by Crippen LogP contribution is 2.34. The van der Waals surface area contributed by atoms with Gasteiger partial charge in [-0.2, -0.15) is 5.10 Å². The van der Waals surface area contributed by atoms with Crippen molar-refractivity contribution in [1.82, 2.24) is 9.78 Å². The number of aliphatic hydroxyl groups is 1. The van der Waals surface area contributed by atoms with Gasteiger partial charge in [0.05, 0.1) is 11.8 Å². The van der Waals surface area contributed by atoms with Crippen molar-refractivity contribution < 1.29 is 5.11 Å². The summed E-state index contributed by atoms with van der Waals surface area (Å²) >= 11 is 0. The number of aryl methyl sites for hydroxylation is 1. The minimum Gasteiger partial charge on any atom is -0.385 e. The average molecular weight is 285 g/mol. The number of piperidine rings is 1. The highest BCUT2D eigenvalue weighted by atomic mass is 16.3. The maximum absolute atomic E-state index is 10.9. The van der Waals surface area contributed by atoms with Crippen LogP contribution >= 0.6 is 0 Å². The highest BCUT2D eigenvalue weighted by Gasteiger charge is 2.35. The minimum atomic E-state index is -0.725. The number of nitrogens with zero attached hydrogens (tertiary/aromatic N) is 3. The van der Waals surface area contributed by atoms with Gasteiger partial charge in [0, 0.05) is 37.1 Å². The Labute approximate surface area is 126 Å². The molecular weight excluding hydrogens is 262 g/mol. The first kappa shape index (κ1) is 14.1. The highest BCUT2D eigenvalue weighted by molar-refractivity contribution is 5.46. The number of hydrogen-bond acceptors (Lipinski definition) is 3. The van der Waals surface area contributed by atoms with Gasteiger partial charge in [-0.3, -0.25) is 4.68 Å². The van der Waals surface area contributed by atoms with Crippen molar-refractivity contribution in [3.05, 3.63) is 48.3 Å². The van der Waals surface area contributed by atoms with Crippen LogP contribution in [0.5, 0.6) is 0 Å². The Kier molecular flexibility index (Phi) is 3.97. The first-order valence-corrected chi connectivity index (χ1v) is 7.76. The molecule has 112 valence electrons. The molecule has 1 saturated heterocycles. The Balaban J connectivity index is 1.68. The number of benzene rings is 1. The lowest BCUT2D eigenvalue weighted by molar-refractivity contribution is 0.0117. The molecule has 2 heterocycles. The third kappa shape index (κ3) is 2.95. The second-order valence-electron chi connectivity index (χ2n) is 5.85. The van der Waals surface area contributed by atoms with E-state index in [1.54, 1.807) is 0 Å². The van der Waals surface area contributed by atoms with E-state index in [1.807, 2.05) is 23.1 Å². The van der Waals surface area contributed by atoms with E-state index in [0.29, 0.717) is 0 Å². The number of aromatic nitrogens is 2. The molecule has 0 spiro atoms.